The molecule has 6 nitrogen and oxygen atoms in total. The largest absolute Gasteiger partial charge is 0.494 e. The monoisotopic (exact) mass is 411 g/mol. The summed E-state index contributed by atoms with van der Waals surface area (Å²) in [6.07, 6.45) is -2.67. The highest BCUT2D eigenvalue weighted by Crippen LogP contribution is 2.25. The van der Waals surface area contributed by atoms with E-state index >= 15 is 0 Å². The zero-order valence-corrected chi connectivity index (χ0v) is 15.5. The first-order valence-electron chi connectivity index (χ1n) is 8.01. The topological polar surface area (TPSA) is 87.2 Å². The maximum Gasteiger partial charge on any atom is 0.282 e. The number of benzene rings is 2. The smallest absolute Gasteiger partial charge is 0.282 e. The van der Waals surface area contributed by atoms with E-state index in [9.17, 15) is 21.6 Å². The molecule has 0 fully saturated rings. The van der Waals surface area contributed by atoms with Crippen molar-refractivity contribution in [1.82, 2.24) is 9.78 Å². The van der Waals surface area contributed by atoms with Gasteiger partial charge in [-0.2, -0.15) is 5.10 Å². The van der Waals surface area contributed by atoms with E-state index in [-0.39, 0.29) is 17.1 Å². The average molecular weight is 411 g/mol. The minimum atomic E-state index is -3.88. The number of sulfonamides is 1. The number of hydrogen-bond acceptors (Lipinski definition) is 4. The van der Waals surface area contributed by atoms with Crippen molar-refractivity contribution in [2.75, 3.05) is 7.11 Å². The Labute approximate surface area is 159 Å². The van der Waals surface area contributed by atoms with E-state index in [4.69, 9.17) is 9.88 Å². The molecule has 0 aliphatic heterocycles. The molecule has 0 radical (unpaired) electrons. The summed E-state index contributed by atoms with van der Waals surface area (Å²) in [7, 11) is -2.54. The standard InChI is InChI=1S/C18H16F3N3O3S/c1-27-17-7-2-11(9-15(17)19)8-13-10-16(18(20)21)23-24(13)12-3-5-14(6-4-12)28(22,25)26/h2-7,9-10,18H,8H2,1H3,(H2,22,25,26). The molecule has 3 aromatic rings. The summed E-state index contributed by atoms with van der Waals surface area (Å²) < 4.78 is 69.1. The molecule has 0 bridgehead atoms. The van der Waals surface area contributed by atoms with Gasteiger partial charge in [-0.1, -0.05) is 6.07 Å². The van der Waals surface area contributed by atoms with Crippen molar-refractivity contribution in [3.8, 4) is 11.4 Å². The third kappa shape index (κ3) is 4.18. The van der Waals surface area contributed by atoms with E-state index in [1.165, 1.54) is 54.3 Å². The van der Waals surface area contributed by atoms with Gasteiger partial charge in [0.05, 0.1) is 17.7 Å². The molecule has 148 valence electrons. The lowest BCUT2D eigenvalue weighted by atomic mass is 10.1. The zero-order chi connectivity index (χ0) is 20.5. The van der Waals surface area contributed by atoms with Crippen LogP contribution >= 0.6 is 0 Å². The molecule has 2 aromatic carbocycles. The molecule has 0 aliphatic rings. The van der Waals surface area contributed by atoms with Crippen LogP contribution in [0.5, 0.6) is 5.75 Å². The lowest BCUT2D eigenvalue weighted by molar-refractivity contribution is 0.145. The molecule has 10 heteroatoms. The van der Waals surface area contributed by atoms with Crippen LogP contribution in [0.3, 0.4) is 0 Å². The molecule has 1 aromatic heterocycles. The number of methoxy groups -OCH3 is 1. The third-order valence-electron chi connectivity index (χ3n) is 4.04. The van der Waals surface area contributed by atoms with E-state index in [1.807, 2.05) is 0 Å². The molecule has 0 unspecified atom stereocenters. The Morgan fingerprint density at radius 2 is 1.82 bits per heavy atom. The molecule has 0 aliphatic carbocycles. The van der Waals surface area contributed by atoms with E-state index in [2.05, 4.69) is 5.10 Å². The molecular formula is C18H16F3N3O3S. The van der Waals surface area contributed by atoms with E-state index < -0.39 is 28.0 Å². The molecular weight excluding hydrogens is 395 g/mol. The van der Waals surface area contributed by atoms with Gasteiger partial charge in [0.2, 0.25) is 10.0 Å². The van der Waals surface area contributed by atoms with Gasteiger partial charge >= 0.3 is 0 Å². The predicted octanol–water partition coefficient (Wildman–Crippen LogP) is 3.20. The summed E-state index contributed by atoms with van der Waals surface area (Å²) in [6, 6.07) is 10.9. The van der Waals surface area contributed by atoms with Crippen molar-refractivity contribution in [2.24, 2.45) is 5.14 Å². The average Bonchev–Trinajstić information content (AvgIpc) is 3.05. The minimum absolute atomic E-state index is 0.0732. The number of alkyl halides is 2. The summed E-state index contributed by atoms with van der Waals surface area (Å²) in [6.45, 7) is 0. The van der Waals surface area contributed by atoms with Gasteiger partial charge in [0, 0.05) is 12.1 Å². The van der Waals surface area contributed by atoms with Crippen LogP contribution in [0, 0.1) is 5.82 Å². The van der Waals surface area contributed by atoms with E-state index in [0.29, 0.717) is 16.9 Å². The lowest BCUT2D eigenvalue weighted by Gasteiger charge is -2.09. The van der Waals surface area contributed by atoms with Crippen molar-refractivity contribution >= 4 is 10.0 Å². The SMILES string of the molecule is COc1ccc(Cc2cc(C(F)F)nn2-c2ccc(S(N)(=O)=O)cc2)cc1F. The van der Waals surface area contributed by atoms with Gasteiger partial charge in [-0.25, -0.2) is 31.4 Å². The number of hydrogen-bond donors (Lipinski definition) is 1. The maximum atomic E-state index is 13.9. The summed E-state index contributed by atoms with van der Waals surface area (Å²) in [4.78, 5) is -0.115. The van der Waals surface area contributed by atoms with Gasteiger partial charge in [0.15, 0.2) is 11.6 Å². The normalized spacial score (nSPS) is 11.8. The number of nitrogens with zero attached hydrogens (tertiary/aromatic N) is 2. The lowest BCUT2D eigenvalue weighted by Crippen LogP contribution is -2.12. The fourth-order valence-corrected chi connectivity index (χ4v) is 3.22. The number of nitrogens with two attached hydrogens (primary N) is 1. The Balaban J connectivity index is 2.01. The van der Waals surface area contributed by atoms with Crippen LogP contribution < -0.4 is 9.88 Å². The van der Waals surface area contributed by atoms with Gasteiger partial charge in [-0.3, -0.25) is 0 Å². The van der Waals surface area contributed by atoms with E-state index in [0.717, 1.165) is 0 Å². The van der Waals surface area contributed by atoms with Crippen LogP contribution in [0.1, 0.15) is 23.4 Å². The first-order chi connectivity index (χ1) is 13.2. The first kappa shape index (κ1) is 19.9. The van der Waals surface area contributed by atoms with Crippen molar-refractivity contribution in [2.45, 2.75) is 17.7 Å². The summed E-state index contributed by atoms with van der Waals surface area (Å²) in [5, 5.41) is 8.96. The highest BCUT2D eigenvalue weighted by atomic mass is 32.2. The summed E-state index contributed by atoms with van der Waals surface area (Å²) in [5.74, 6) is -0.498. The predicted molar refractivity (Wildman–Crippen MR) is 95.7 cm³/mol. The fourth-order valence-electron chi connectivity index (χ4n) is 2.70. The van der Waals surface area contributed by atoms with Crippen molar-refractivity contribution in [1.29, 1.82) is 0 Å². The van der Waals surface area contributed by atoms with E-state index in [1.54, 1.807) is 6.07 Å². The van der Waals surface area contributed by atoms with Crippen LogP contribution in [-0.2, 0) is 16.4 Å². The molecule has 0 saturated heterocycles. The molecule has 0 amide bonds. The molecule has 1 heterocycles. The number of aromatic nitrogens is 2. The van der Waals surface area contributed by atoms with Crippen LogP contribution in [0.4, 0.5) is 13.2 Å². The quantitative estimate of drug-likeness (QED) is 0.675. The number of rotatable bonds is 6. The highest BCUT2D eigenvalue weighted by molar-refractivity contribution is 7.89. The fraction of sp³-hybridized carbons (Fsp3) is 0.167. The van der Waals surface area contributed by atoms with Gasteiger partial charge in [-0.15, -0.1) is 0 Å². The third-order valence-corrected chi connectivity index (χ3v) is 4.97. The van der Waals surface area contributed by atoms with Gasteiger partial charge in [-0.05, 0) is 48.0 Å². The van der Waals surface area contributed by atoms with Crippen LogP contribution in [0.2, 0.25) is 0 Å². The van der Waals surface area contributed by atoms with Crippen LogP contribution in [0.15, 0.2) is 53.4 Å². The van der Waals surface area contributed by atoms with Crippen LogP contribution in [-0.4, -0.2) is 25.3 Å². The molecule has 28 heavy (non-hydrogen) atoms. The minimum Gasteiger partial charge on any atom is -0.494 e. The highest BCUT2D eigenvalue weighted by Gasteiger charge is 2.18. The summed E-state index contributed by atoms with van der Waals surface area (Å²) >= 11 is 0. The molecule has 0 spiro atoms. The van der Waals surface area contributed by atoms with Crippen LogP contribution in [0.25, 0.3) is 5.69 Å². The number of halogens is 3. The van der Waals surface area contributed by atoms with Gasteiger partial charge in [0.25, 0.3) is 6.43 Å². The molecule has 0 saturated carbocycles. The van der Waals surface area contributed by atoms with Crippen molar-refractivity contribution < 1.29 is 26.3 Å². The van der Waals surface area contributed by atoms with Crippen molar-refractivity contribution in [3.63, 3.8) is 0 Å². The Kier molecular flexibility index (Phi) is 5.43. The Hall–Kier alpha value is -2.85. The molecule has 3 rings (SSSR count). The number of ether oxygens (including phenoxy) is 1. The molecule has 0 atom stereocenters. The van der Waals surface area contributed by atoms with Gasteiger partial charge in [0.1, 0.15) is 5.69 Å². The Morgan fingerprint density at radius 1 is 1.14 bits per heavy atom. The second-order valence-corrected chi connectivity index (χ2v) is 7.52. The van der Waals surface area contributed by atoms with Gasteiger partial charge < -0.3 is 4.74 Å². The summed E-state index contributed by atoms with van der Waals surface area (Å²) in [5.41, 5.74) is 0.826. The second kappa shape index (κ2) is 7.64. The zero-order valence-electron chi connectivity index (χ0n) is 14.6. The molecule has 2 N–H and O–H groups in total. The Bertz CT molecular complexity index is 1100. The van der Waals surface area contributed by atoms with Crippen molar-refractivity contribution in [3.05, 3.63) is 71.3 Å². The maximum absolute atomic E-state index is 13.9. The number of primary sulfonamides is 1. The second-order valence-electron chi connectivity index (χ2n) is 5.96. The first-order valence-corrected chi connectivity index (χ1v) is 9.56. The Morgan fingerprint density at radius 3 is 2.36 bits per heavy atom.